The molecule has 0 spiro atoms. The molecule has 1 heterocycles. The summed E-state index contributed by atoms with van der Waals surface area (Å²) in [5, 5.41) is 9.20. The largest absolute Gasteiger partial charge is 0.306 e. The molecule has 0 unspecified atom stereocenters. The van der Waals surface area contributed by atoms with Gasteiger partial charge in [0.15, 0.2) is 0 Å². The molecular formula is C24H18N4. The van der Waals surface area contributed by atoms with Crippen LogP contribution in [0.5, 0.6) is 0 Å². The van der Waals surface area contributed by atoms with Gasteiger partial charge in [-0.2, -0.15) is 5.10 Å². The fourth-order valence-electron chi connectivity index (χ4n) is 3.57. The second-order valence-corrected chi connectivity index (χ2v) is 6.74. The molecule has 28 heavy (non-hydrogen) atoms. The topological polar surface area (TPSA) is 42.5 Å². The Balaban J connectivity index is 1.50. The lowest BCUT2D eigenvalue weighted by Crippen LogP contribution is -2.00. The Kier molecular flexibility index (Phi) is 3.95. The smallest absolute Gasteiger partial charge is 0.101 e. The lowest BCUT2D eigenvalue weighted by Gasteiger charge is -2.04. The van der Waals surface area contributed by atoms with E-state index in [1.807, 2.05) is 29.8 Å². The van der Waals surface area contributed by atoms with Crippen molar-refractivity contribution in [3.63, 3.8) is 0 Å². The molecule has 1 aliphatic carbocycles. The number of aromatic nitrogens is 2. The van der Waals surface area contributed by atoms with Crippen LogP contribution in [0.1, 0.15) is 23.6 Å². The normalized spacial score (nSPS) is 12.6. The standard InChI is InChI=1S/C24H18N4/c1-17(18-10-12-19(13-11-18)28-15-14-25-16-28)26-27-24-22-8-4-2-6-20(22)21-7-3-5-9-23(21)24/h2-16H,1H3/b26-17-. The lowest BCUT2D eigenvalue weighted by molar-refractivity contribution is 1.06. The van der Waals surface area contributed by atoms with Crippen LogP contribution in [0.25, 0.3) is 16.8 Å². The highest BCUT2D eigenvalue weighted by atomic mass is 15.2. The van der Waals surface area contributed by atoms with Crippen molar-refractivity contribution in [3.8, 4) is 16.8 Å². The fraction of sp³-hybridized carbons (Fsp3) is 0.0417. The Labute approximate surface area is 163 Å². The zero-order chi connectivity index (χ0) is 18.9. The van der Waals surface area contributed by atoms with E-state index in [1.54, 1.807) is 12.5 Å². The van der Waals surface area contributed by atoms with Crippen LogP contribution in [0.3, 0.4) is 0 Å². The number of hydrogen-bond donors (Lipinski definition) is 0. The Morgan fingerprint density at radius 1 is 0.786 bits per heavy atom. The van der Waals surface area contributed by atoms with E-state index >= 15 is 0 Å². The van der Waals surface area contributed by atoms with Crippen LogP contribution < -0.4 is 0 Å². The summed E-state index contributed by atoms with van der Waals surface area (Å²) in [6.07, 6.45) is 5.49. The first-order valence-corrected chi connectivity index (χ1v) is 9.21. The van der Waals surface area contributed by atoms with Gasteiger partial charge in [-0.3, -0.25) is 0 Å². The third kappa shape index (κ3) is 2.76. The van der Waals surface area contributed by atoms with Crippen molar-refractivity contribution in [2.24, 2.45) is 10.2 Å². The molecule has 4 nitrogen and oxygen atoms in total. The number of fused-ring (bicyclic) bond motifs is 3. The third-order valence-electron chi connectivity index (χ3n) is 5.04. The summed E-state index contributed by atoms with van der Waals surface area (Å²) in [6.45, 7) is 1.99. The maximum Gasteiger partial charge on any atom is 0.101 e. The first kappa shape index (κ1) is 16.4. The van der Waals surface area contributed by atoms with E-state index in [4.69, 9.17) is 0 Å². The summed E-state index contributed by atoms with van der Waals surface area (Å²) in [4.78, 5) is 4.09. The maximum absolute atomic E-state index is 4.64. The van der Waals surface area contributed by atoms with Crippen molar-refractivity contribution >= 4 is 11.4 Å². The van der Waals surface area contributed by atoms with Gasteiger partial charge in [0, 0.05) is 29.2 Å². The highest BCUT2D eigenvalue weighted by Gasteiger charge is 2.23. The van der Waals surface area contributed by atoms with Gasteiger partial charge >= 0.3 is 0 Å². The molecule has 0 saturated carbocycles. The van der Waals surface area contributed by atoms with Crippen LogP contribution in [0.15, 0.2) is 102 Å². The van der Waals surface area contributed by atoms with Gasteiger partial charge in [-0.05, 0) is 35.7 Å². The summed E-state index contributed by atoms with van der Waals surface area (Å²) >= 11 is 0. The van der Waals surface area contributed by atoms with E-state index in [2.05, 4.69) is 75.9 Å². The summed E-state index contributed by atoms with van der Waals surface area (Å²) < 4.78 is 1.98. The Morgan fingerprint density at radius 2 is 1.39 bits per heavy atom. The number of benzene rings is 3. The van der Waals surface area contributed by atoms with Crippen LogP contribution in [-0.4, -0.2) is 21.0 Å². The van der Waals surface area contributed by atoms with E-state index in [-0.39, 0.29) is 0 Å². The quantitative estimate of drug-likeness (QED) is 0.325. The summed E-state index contributed by atoms with van der Waals surface area (Å²) in [7, 11) is 0. The zero-order valence-corrected chi connectivity index (χ0v) is 15.4. The van der Waals surface area contributed by atoms with E-state index in [9.17, 15) is 0 Å². The van der Waals surface area contributed by atoms with Crippen molar-refractivity contribution in [2.75, 3.05) is 0 Å². The molecule has 0 aliphatic heterocycles. The molecule has 0 saturated heterocycles. The highest BCUT2D eigenvalue weighted by Crippen LogP contribution is 2.36. The zero-order valence-electron chi connectivity index (χ0n) is 15.4. The molecule has 5 rings (SSSR count). The summed E-state index contributed by atoms with van der Waals surface area (Å²) in [5.41, 5.74) is 8.63. The molecule has 1 aliphatic rings. The number of rotatable bonds is 3. The van der Waals surface area contributed by atoms with Gasteiger partial charge in [-0.15, -0.1) is 5.10 Å². The molecule has 0 amide bonds. The SMILES string of the molecule is C/C(=N/N=C1c2ccccc2-c2ccccc21)c1ccc(-n2ccnc2)cc1. The molecule has 3 aromatic carbocycles. The molecular weight excluding hydrogens is 344 g/mol. The van der Waals surface area contributed by atoms with E-state index in [1.165, 1.54) is 11.1 Å². The van der Waals surface area contributed by atoms with Gasteiger partial charge in [0.2, 0.25) is 0 Å². The Hall–Kier alpha value is -3.79. The molecule has 4 heteroatoms. The number of hydrogen-bond acceptors (Lipinski definition) is 3. The van der Waals surface area contributed by atoms with E-state index in [0.29, 0.717) is 0 Å². The number of imidazole rings is 1. The van der Waals surface area contributed by atoms with Crippen molar-refractivity contribution in [1.82, 2.24) is 9.55 Å². The van der Waals surface area contributed by atoms with Gasteiger partial charge < -0.3 is 4.57 Å². The number of nitrogens with zero attached hydrogens (tertiary/aromatic N) is 4. The van der Waals surface area contributed by atoms with Gasteiger partial charge in [0.25, 0.3) is 0 Å². The van der Waals surface area contributed by atoms with Gasteiger partial charge in [0.1, 0.15) is 5.71 Å². The predicted octanol–water partition coefficient (Wildman–Crippen LogP) is 5.11. The molecule has 4 aromatic rings. The monoisotopic (exact) mass is 362 g/mol. The molecule has 0 bridgehead atoms. The Morgan fingerprint density at radius 3 is 1.96 bits per heavy atom. The van der Waals surface area contributed by atoms with Crippen LogP contribution >= 0.6 is 0 Å². The van der Waals surface area contributed by atoms with Crippen molar-refractivity contribution in [1.29, 1.82) is 0 Å². The predicted molar refractivity (Wildman–Crippen MR) is 113 cm³/mol. The first-order valence-electron chi connectivity index (χ1n) is 9.21. The minimum atomic E-state index is 0.881. The second-order valence-electron chi connectivity index (χ2n) is 6.74. The van der Waals surface area contributed by atoms with E-state index in [0.717, 1.165) is 33.8 Å². The van der Waals surface area contributed by atoms with Crippen molar-refractivity contribution < 1.29 is 0 Å². The average Bonchev–Trinajstić information content (AvgIpc) is 3.39. The lowest BCUT2D eigenvalue weighted by atomic mass is 10.1. The molecule has 0 atom stereocenters. The summed E-state index contributed by atoms with van der Waals surface area (Å²) in [6, 6.07) is 25.0. The third-order valence-corrected chi connectivity index (χ3v) is 5.04. The van der Waals surface area contributed by atoms with Gasteiger partial charge in [0.05, 0.1) is 12.0 Å². The van der Waals surface area contributed by atoms with E-state index < -0.39 is 0 Å². The highest BCUT2D eigenvalue weighted by molar-refractivity contribution is 6.24. The van der Waals surface area contributed by atoms with Crippen LogP contribution in [0.4, 0.5) is 0 Å². The van der Waals surface area contributed by atoms with Crippen LogP contribution in [0, 0.1) is 0 Å². The molecule has 0 N–H and O–H groups in total. The minimum absolute atomic E-state index is 0.881. The van der Waals surface area contributed by atoms with Crippen LogP contribution in [0.2, 0.25) is 0 Å². The fourth-order valence-corrected chi connectivity index (χ4v) is 3.57. The maximum atomic E-state index is 4.64. The minimum Gasteiger partial charge on any atom is -0.306 e. The average molecular weight is 362 g/mol. The first-order chi connectivity index (χ1) is 13.8. The van der Waals surface area contributed by atoms with Gasteiger partial charge in [-0.1, -0.05) is 60.7 Å². The summed E-state index contributed by atoms with van der Waals surface area (Å²) in [5.74, 6) is 0. The van der Waals surface area contributed by atoms with Crippen LogP contribution in [-0.2, 0) is 0 Å². The molecule has 0 fully saturated rings. The Bertz CT molecular complexity index is 1150. The molecule has 0 radical (unpaired) electrons. The second kappa shape index (κ2) is 6.74. The van der Waals surface area contributed by atoms with Gasteiger partial charge in [-0.25, -0.2) is 4.98 Å². The van der Waals surface area contributed by atoms with Crippen molar-refractivity contribution in [2.45, 2.75) is 6.92 Å². The molecule has 134 valence electrons. The van der Waals surface area contributed by atoms with Crippen molar-refractivity contribution in [3.05, 3.63) is 108 Å². The molecule has 1 aromatic heterocycles.